The lowest BCUT2D eigenvalue weighted by Crippen LogP contribution is -2.08. The second-order valence-corrected chi connectivity index (χ2v) is 8.78. The lowest BCUT2D eigenvalue weighted by molar-refractivity contribution is 0.498. The Balaban J connectivity index is 1.56. The zero-order chi connectivity index (χ0) is 20.7. The van der Waals surface area contributed by atoms with Gasteiger partial charge in [-0.05, 0) is 59.4 Å². The van der Waals surface area contributed by atoms with Gasteiger partial charge in [0.05, 0.1) is 5.52 Å². The first-order valence-electron chi connectivity index (χ1n) is 10.3. The van der Waals surface area contributed by atoms with Gasteiger partial charge in [0.2, 0.25) is 0 Å². The maximum absolute atomic E-state index is 4.85. The SMILES string of the molecule is CC(C)(C)C1=Cc2cc(Nc3nc(-c4ccncc4)nc4ccccc34)ccc2C1. The smallest absolute Gasteiger partial charge is 0.162 e. The van der Waals surface area contributed by atoms with Crippen LogP contribution in [0.1, 0.15) is 31.9 Å². The number of hydrogen-bond acceptors (Lipinski definition) is 4. The molecule has 30 heavy (non-hydrogen) atoms. The first kappa shape index (κ1) is 18.5. The third-order valence-corrected chi connectivity index (χ3v) is 5.62. The van der Waals surface area contributed by atoms with Crippen molar-refractivity contribution in [1.82, 2.24) is 15.0 Å². The minimum absolute atomic E-state index is 0.189. The maximum Gasteiger partial charge on any atom is 0.162 e. The molecule has 4 aromatic rings. The number of nitrogens with zero attached hydrogens (tertiary/aromatic N) is 3. The number of hydrogen-bond donors (Lipinski definition) is 1. The molecule has 0 amide bonds. The molecule has 0 aliphatic heterocycles. The summed E-state index contributed by atoms with van der Waals surface area (Å²) in [5, 5.41) is 4.55. The Morgan fingerprint density at radius 1 is 0.900 bits per heavy atom. The summed E-state index contributed by atoms with van der Waals surface area (Å²) in [6.45, 7) is 6.83. The highest BCUT2D eigenvalue weighted by Crippen LogP contribution is 2.38. The van der Waals surface area contributed by atoms with Gasteiger partial charge in [0, 0.05) is 29.0 Å². The molecule has 0 saturated carbocycles. The summed E-state index contributed by atoms with van der Waals surface area (Å²) in [5.41, 5.74) is 7.23. The molecule has 4 nitrogen and oxygen atoms in total. The summed E-state index contributed by atoms with van der Waals surface area (Å²) in [5.74, 6) is 1.50. The molecule has 1 N–H and O–H groups in total. The molecule has 5 rings (SSSR count). The molecule has 0 fully saturated rings. The molecule has 2 heterocycles. The number of allylic oxidation sites excluding steroid dienone is 1. The van der Waals surface area contributed by atoms with Gasteiger partial charge in [-0.25, -0.2) is 9.97 Å². The van der Waals surface area contributed by atoms with Crippen LogP contribution in [0.3, 0.4) is 0 Å². The van der Waals surface area contributed by atoms with E-state index >= 15 is 0 Å². The second-order valence-electron chi connectivity index (χ2n) is 8.78. The van der Waals surface area contributed by atoms with Crippen LogP contribution in [0.5, 0.6) is 0 Å². The van der Waals surface area contributed by atoms with Crippen LogP contribution in [0.15, 0.2) is 72.6 Å². The van der Waals surface area contributed by atoms with E-state index in [1.54, 1.807) is 12.4 Å². The summed E-state index contributed by atoms with van der Waals surface area (Å²) in [4.78, 5) is 13.7. The Morgan fingerprint density at radius 2 is 1.70 bits per heavy atom. The maximum atomic E-state index is 4.85. The van der Waals surface area contributed by atoms with Crippen molar-refractivity contribution >= 4 is 28.5 Å². The van der Waals surface area contributed by atoms with Crippen molar-refractivity contribution in [2.75, 3.05) is 5.32 Å². The topological polar surface area (TPSA) is 50.7 Å². The van der Waals surface area contributed by atoms with Crippen molar-refractivity contribution in [1.29, 1.82) is 0 Å². The van der Waals surface area contributed by atoms with E-state index < -0.39 is 0 Å². The van der Waals surface area contributed by atoms with Crippen LogP contribution in [-0.2, 0) is 6.42 Å². The van der Waals surface area contributed by atoms with E-state index in [-0.39, 0.29) is 5.41 Å². The van der Waals surface area contributed by atoms with E-state index in [1.807, 2.05) is 30.3 Å². The Morgan fingerprint density at radius 3 is 2.50 bits per heavy atom. The van der Waals surface area contributed by atoms with E-state index in [0.717, 1.165) is 34.4 Å². The summed E-state index contributed by atoms with van der Waals surface area (Å²) in [6, 6.07) is 18.5. The third kappa shape index (κ3) is 3.45. The molecule has 0 unspecified atom stereocenters. The molecule has 0 saturated heterocycles. The predicted octanol–water partition coefficient (Wildman–Crippen LogP) is 6.42. The summed E-state index contributed by atoms with van der Waals surface area (Å²) < 4.78 is 0. The largest absolute Gasteiger partial charge is 0.340 e. The summed E-state index contributed by atoms with van der Waals surface area (Å²) >= 11 is 0. The third-order valence-electron chi connectivity index (χ3n) is 5.62. The lowest BCUT2D eigenvalue weighted by atomic mass is 9.85. The van der Waals surface area contributed by atoms with Crippen LogP contribution in [0.4, 0.5) is 11.5 Å². The van der Waals surface area contributed by atoms with Crippen molar-refractivity contribution in [3.8, 4) is 11.4 Å². The molecular formula is C26H24N4. The van der Waals surface area contributed by atoms with Crippen LogP contribution >= 0.6 is 0 Å². The van der Waals surface area contributed by atoms with E-state index in [2.05, 4.69) is 61.4 Å². The highest BCUT2D eigenvalue weighted by atomic mass is 15.0. The number of pyridine rings is 1. The number of benzene rings is 2. The van der Waals surface area contributed by atoms with Crippen molar-refractivity contribution in [2.24, 2.45) is 5.41 Å². The van der Waals surface area contributed by atoms with Gasteiger partial charge < -0.3 is 5.32 Å². The Hall–Kier alpha value is -3.53. The van der Waals surface area contributed by atoms with Gasteiger partial charge >= 0.3 is 0 Å². The number of fused-ring (bicyclic) bond motifs is 2. The zero-order valence-electron chi connectivity index (χ0n) is 17.5. The molecule has 1 aliphatic carbocycles. The average molecular weight is 393 g/mol. The van der Waals surface area contributed by atoms with Crippen molar-refractivity contribution in [3.05, 3.63) is 83.7 Å². The summed E-state index contributed by atoms with van der Waals surface area (Å²) in [7, 11) is 0. The van der Waals surface area contributed by atoms with Gasteiger partial charge in [0.1, 0.15) is 5.82 Å². The fourth-order valence-corrected chi connectivity index (χ4v) is 3.83. The Bertz CT molecular complexity index is 1270. The van der Waals surface area contributed by atoms with Crippen LogP contribution in [-0.4, -0.2) is 15.0 Å². The molecule has 148 valence electrons. The molecule has 0 spiro atoms. The number of anilines is 2. The number of aromatic nitrogens is 3. The normalized spacial score (nSPS) is 13.2. The first-order chi connectivity index (χ1) is 14.5. The van der Waals surface area contributed by atoms with E-state index in [4.69, 9.17) is 9.97 Å². The number of nitrogens with one attached hydrogen (secondary N) is 1. The minimum atomic E-state index is 0.189. The van der Waals surface area contributed by atoms with Crippen molar-refractivity contribution in [2.45, 2.75) is 27.2 Å². The lowest BCUT2D eigenvalue weighted by Gasteiger charge is -2.19. The van der Waals surface area contributed by atoms with Crippen LogP contribution < -0.4 is 5.32 Å². The van der Waals surface area contributed by atoms with Gasteiger partial charge in [-0.15, -0.1) is 0 Å². The molecule has 0 atom stereocenters. The molecular weight excluding hydrogens is 368 g/mol. The van der Waals surface area contributed by atoms with Crippen LogP contribution in [0, 0.1) is 5.41 Å². The molecule has 4 heteroatoms. The predicted molar refractivity (Wildman–Crippen MR) is 124 cm³/mol. The molecule has 1 aliphatic rings. The standard InChI is InChI=1S/C26H24N4/c1-26(2,3)20-14-18-8-9-21(16-19(18)15-20)28-25-22-6-4-5-7-23(22)29-24(30-25)17-10-12-27-13-11-17/h4-13,15-16H,14H2,1-3H3,(H,28,29,30). The Kier molecular flexibility index (Phi) is 4.35. The quantitative estimate of drug-likeness (QED) is 0.437. The minimum Gasteiger partial charge on any atom is -0.340 e. The zero-order valence-corrected chi connectivity index (χ0v) is 17.5. The fraction of sp³-hybridized carbons (Fsp3) is 0.192. The first-order valence-corrected chi connectivity index (χ1v) is 10.3. The molecule has 2 aromatic heterocycles. The average Bonchev–Trinajstić information content (AvgIpc) is 3.18. The monoisotopic (exact) mass is 392 g/mol. The fourth-order valence-electron chi connectivity index (χ4n) is 3.83. The second kappa shape index (κ2) is 7.06. The number of para-hydroxylation sites is 1. The van der Waals surface area contributed by atoms with Gasteiger partial charge in [-0.1, -0.05) is 50.6 Å². The number of rotatable bonds is 3. The molecule has 2 aromatic carbocycles. The highest BCUT2D eigenvalue weighted by molar-refractivity contribution is 5.92. The van der Waals surface area contributed by atoms with Gasteiger partial charge in [0.25, 0.3) is 0 Å². The van der Waals surface area contributed by atoms with E-state index in [1.165, 1.54) is 16.7 Å². The van der Waals surface area contributed by atoms with Gasteiger partial charge in [-0.2, -0.15) is 0 Å². The van der Waals surface area contributed by atoms with Crippen LogP contribution in [0.25, 0.3) is 28.4 Å². The summed E-state index contributed by atoms with van der Waals surface area (Å²) in [6.07, 6.45) is 6.89. The molecule has 0 radical (unpaired) electrons. The van der Waals surface area contributed by atoms with Gasteiger partial charge in [-0.3, -0.25) is 4.98 Å². The van der Waals surface area contributed by atoms with Crippen LogP contribution in [0.2, 0.25) is 0 Å². The van der Waals surface area contributed by atoms with Crippen molar-refractivity contribution in [3.63, 3.8) is 0 Å². The highest BCUT2D eigenvalue weighted by Gasteiger charge is 2.23. The van der Waals surface area contributed by atoms with Crippen molar-refractivity contribution < 1.29 is 0 Å². The van der Waals surface area contributed by atoms with Gasteiger partial charge in [0.15, 0.2) is 5.82 Å². The Labute approximate surface area is 176 Å². The van der Waals surface area contributed by atoms with E-state index in [9.17, 15) is 0 Å². The van der Waals surface area contributed by atoms with E-state index in [0.29, 0.717) is 5.82 Å². The molecule has 0 bridgehead atoms.